The molecular weight excluding hydrogens is 867 g/mol. The Morgan fingerprint density at radius 2 is 1.33 bits per heavy atom. The zero-order valence-corrected chi connectivity index (χ0v) is 36.5. The van der Waals surface area contributed by atoms with Crippen LogP contribution >= 0.6 is 52.6 Å². The molecule has 0 radical (unpaired) electrons. The Balaban J connectivity index is 0.957. The number of anilines is 2. The second-order valence-electron chi connectivity index (χ2n) is 16.1. The van der Waals surface area contributed by atoms with E-state index in [9.17, 15) is 28.7 Å². The molecule has 4 aromatic carbocycles. The van der Waals surface area contributed by atoms with Crippen molar-refractivity contribution in [2.75, 3.05) is 54.0 Å². The number of pyridine rings is 1. The maximum absolute atomic E-state index is 14.9. The fourth-order valence-corrected chi connectivity index (χ4v) is 12.7. The number of alkyl halides is 2. The predicted molar refractivity (Wildman–Crippen MR) is 237 cm³/mol. The monoisotopic (exact) mass is 906 g/mol. The van der Waals surface area contributed by atoms with Crippen molar-refractivity contribution < 1.29 is 38.0 Å². The molecule has 3 heterocycles. The molecular formula is C43H41Cl2N4O8PS2. The maximum atomic E-state index is 14.9. The number of hydrogen-bond acceptors (Lipinski definition) is 9. The van der Waals surface area contributed by atoms with E-state index >= 15 is 0 Å². The van der Waals surface area contributed by atoms with Crippen LogP contribution in [0.3, 0.4) is 0 Å². The van der Waals surface area contributed by atoms with E-state index in [4.69, 9.17) is 32.5 Å². The van der Waals surface area contributed by atoms with E-state index in [2.05, 4.69) is 4.98 Å². The second-order valence-corrected chi connectivity index (χ2v) is 20.3. The summed E-state index contributed by atoms with van der Waals surface area (Å²) in [6.45, 7) is 1.11. The number of amides is 3. The molecule has 2 atom stereocenters. The van der Waals surface area contributed by atoms with Crippen LogP contribution in [0.25, 0.3) is 21.5 Å². The highest BCUT2D eigenvalue weighted by Crippen LogP contribution is 2.69. The first-order chi connectivity index (χ1) is 28.8. The quantitative estimate of drug-likeness (QED) is 0.0534. The summed E-state index contributed by atoms with van der Waals surface area (Å²) in [6, 6.07) is 23.9. The normalized spacial score (nSPS) is 22.8. The molecule has 3 fully saturated rings. The molecule has 5 aliphatic rings. The number of ether oxygens (including phenoxy) is 1. The minimum atomic E-state index is -4.92. The lowest BCUT2D eigenvalue weighted by Crippen LogP contribution is -2.55. The van der Waals surface area contributed by atoms with Gasteiger partial charge in [0.25, 0.3) is 0 Å². The third-order valence-corrected chi connectivity index (χ3v) is 15.9. The van der Waals surface area contributed by atoms with Gasteiger partial charge in [-0.15, -0.1) is 23.2 Å². The molecule has 17 heteroatoms. The van der Waals surface area contributed by atoms with E-state index in [0.29, 0.717) is 79.0 Å². The van der Waals surface area contributed by atoms with Gasteiger partial charge >= 0.3 is 13.9 Å². The van der Waals surface area contributed by atoms with Crippen LogP contribution in [-0.2, 0) is 14.2 Å². The Hall–Kier alpha value is -4.01. The van der Waals surface area contributed by atoms with Crippen LogP contribution in [0.1, 0.15) is 48.6 Å². The first-order valence-corrected chi connectivity index (χ1v) is 24.5. The number of phosphoric ester groups is 1. The average Bonchev–Trinajstić information content (AvgIpc) is 4.02. The Morgan fingerprint density at radius 3 is 1.85 bits per heavy atom. The van der Waals surface area contributed by atoms with Crippen molar-refractivity contribution in [2.45, 2.75) is 42.5 Å². The van der Waals surface area contributed by atoms with Gasteiger partial charge in [-0.1, -0.05) is 65.4 Å². The van der Waals surface area contributed by atoms with Crippen molar-refractivity contribution in [2.24, 2.45) is 10.8 Å². The summed E-state index contributed by atoms with van der Waals surface area (Å²) in [4.78, 5) is 71.9. The predicted octanol–water partition coefficient (Wildman–Crippen LogP) is 9.33. The third-order valence-electron chi connectivity index (χ3n) is 12.5. The van der Waals surface area contributed by atoms with Gasteiger partial charge in [0.15, 0.2) is 0 Å². The van der Waals surface area contributed by atoms with Crippen LogP contribution in [0.4, 0.5) is 16.2 Å². The number of carbonyl (C=O) groups excluding carboxylic acids is 3. The summed E-state index contributed by atoms with van der Waals surface area (Å²) < 4.78 is 23.2. The fraction of sp³-hybridized carbons (Fsp3) is 0.349. The molecule has 2 aliphatic heterocycles. The first kappa shape index (κ1) is 41.3. The van der Waals surface area contributed by atoms with Gasteiger partial charge in [-0.3, -0.25) is 19.4 Å². The zero-order valence-electron chi connectivity index (χ0n) is 32.5. The summed E-state index contributed by atoms with van der Waals surface area (Å²) in [7, 11) is -0.0878. The molecule has 60 heavy (non-hydrogen) atoms. The van der Waals surface area contributed by atoms with Crippen LogP contribution in [0.5, 0.6) is 11.5 Å². The Kier molecular flexibility index (Phi) is 11.0. The van der Waals surface area contributed by atoms with Crippen LogP contribution in [-0.4, -0.2) is 81.8 Å². The van der Waals surface area contributed by atoms with Gasteiger partial charge in [0.05, 0.1) is 22.2 Å². The van der Waals surface area contributed by atoms with Gasteiger partial charge in [-0.2, -0.15) is 0 Å². The molecule has 312 valence electrons. The molecule has 2 unspecified atom stereocenters. The summed E-state index contributed by atoms with van der Waals surface area (Å²) in [6.07, 6.45) is 2.99. The van der Waals surface area contributed by atoms with E-state index in [1.165, 1.54) is 11.0 Å². The fourth-order valence-electron chi connectivity index (χ4n) is 9.85. The van der Waals surface area contributed by atoms with Crippen molar-refractivity contribution in [1.82, 2.24) is 9.88 Å². The standard InChI is InChI=1S/C43H41Cl2N4O8PS2/c1-47(16-17-59-60-36-12-6-7-15-46-36)41(52)56-34-18-32-37(30-10-4-2-8-28(30)34)26(20-44)22-48(32)39(50)42-13-14-43(24-42,25-42)40(51)49-23-27(21-45)38-31-11-5-3-9-29(31)35(19-33(38)49)57-58(53,54)55/h2-12,15,18-19,26-27H,13-14,16-17,20-25H2,1H3,(H2,53,54,55). The van der Waals surface area contributed by atoms with Crippen molar-refractivity contribution in [1.29, 1.82) is 0 Å². The lowest BCUT2D eigenvalue weighted by molar-refractivity contribution is -0.144. The number of carbonyl (C=O) groups is 3. The van der Waals surface area contributed by atoms with Crippen molar-refractivity contribution in [3.8, 4) is 11.5 Å². The first-order valence-electron chi connectivity index (χ1n) is 19.6. The number of phosphoric acid groups is 1. The van der Waals surface area contributed by atoms with Crippen LogP contribution in [0.15, 0.2) is 90.1 Å². The maximum Gasteiger partial charge on any atom is 0.524 e. The number of rotatable bonds is 12. The lowest BCUT2D eigenvalue weighted by atomic mass is 9.59. The largest absolute Gasteiger partial charge is 0.524 e. The number of hydrogen-bond donors (Lipinski definition) is 2. The molecule has 3 saturated carbocycles. The van der Waals surface area contributed by atoms with Gasteiger partial charge in [0.1, 0.15) is 16.5 Å². The molecule has 1 aromatic heterocycles. The highest BCUT2D eigenvalue weighted by molar-refractivity contribution is 8.76. The zero-order chi connectivity index (χ0) is 42.0. The highest BCUT2D eigenvalue weighted by atomic mass is 35.5. The van der Waals surface area contributed by atoms with Gasteiger partial charge in [-0.25, -0.2) is 14.3 Å². The Morgan fingerprint density at radius 1 is 0.817 bits per heavy atom. The van der Waals surface area contributed by atoms with Gasteiger partial charge < -0.3 is 24.0 Å². The van der Waals surface area contributed by atoms with E-state index in [1.54, 1.807) is 62.8 Å². The second kappa shape index (κ2) is 16.0. The Labute approximate surface area is 364 Å². The van der Waals surface area contributed by atoms with Crippen LogP contribution in [0.2, 0.25) is 0 Å². The van der Waals surface area contributed by atoms with Gasteiger partial charge in [0.2, 0.25) is 11.8 Å². The molecule has 0 saturated heterocycles. The van der Waals surface area contributed by atoms with Crippen LogP contribution < -0.4 is 19.1 Å². The number of fused-ring (bicyclic) bond motifs is 7. The summed E-state index contributed by atoms with van der Waals surface area (Å²) in [5, 5.41) is 3.73. The van der Waals surface area contributed by atoms with E-state index in [0.717, 1.165) is 26.9 Å². The number of benzene rings is 4. The third kappa shape index (κ3) is 7.21. The molecule has 10 rings (SSSR count). The van der Waals surface area contributed by atoms with E-state index in [1.807, 2.05) is 54.6 Å². The topological polar surface area (TPSA) is 150 Å². The molecule has 12 nitrogen and oxygen atoms in total. The molecule has 0 spiro atoms. The number of aromatic nitrogens is 1. The summed E-state index contributed by atoms with van der Waals surface area (Å²) in [5.74, 6) is 0.921. The van der Waals surface area contributed by atoms with Gasteiger partial charge in [0, 0.05) is 85.1 Å². The minimum absolute atomic E-state index is 0.0202. The van der Waals surface area contributed by atoms with Crippen molar-refractivity contribution in [3.05, 3.63) is 96.2 Å². The summed E-state index contributed by atoms with van der Waals surface area (Å²) >= 11 is 13.1. The molecule has 2 bridgehead atoms. The molecule has 2 N–H and O–H groups in total. The van der Waals surface area contributed by atoms with Crippen LogP contribution in [0, 0.1) is 10.8 Å². The van der Waals surface area contributed by atoms with Crippen molar-refractivity contribution in [3.63, 3.8) is 0 Å². The molecule has 3 aliphatic carbocycles. The van der Waals surface area contributed by atoms with Gasteiger partial charge in [-0.05, 0) is 70.5 Å². The van der Waals surface area contributed by atoms with E-state index < -0.39 is 24.7 Å². The smallest absolute Gasteiger partial charge is 0.409 e. The summed E-state index contributed by atoms with van der Waals surface area (Å²) in [5.41, 5.74) is 1.37. The minimum Gasteiger partial charge on any atom is -0.409 e. The SMILES string of the molecule is CN(CCSSc1ccccn1)C(=O)Oc1cc2c(c3ccccc13)C(CCl)CN2C(=O)C12CCC(C(=O)N3CC(CCl)c4c3cc(OP(=O)(O)O)c3ccccc43)(C1)C2. The van der Waals surface area contributed by atoms with Crippen molar-refractivity contribution >= 4 is 103 Å². The average molecular weight is 908 g/mol. The number of halogens is 2. The lowest BCUT2D eigenvalue weighted by Gasteiger charge is -2.47. The van der Waals surface area contributed by atoms with E-state index in [-0.39, 0.29) is 41.2 Å². The number of nitrogens with zero attached hydrogens (tertiary/aromatic N) is 4. The Bertz CT molecular complexity index is 2590. The molecule has 3 amide bonds. The highest BCUT2D eigenvalue weighted by Gasteiger charge is 2.69. The molecule has 5 aromatic rings.